The third-order valence-corrected chi connectivity index (χ3v) is 4.53. The molecule has 1 saturated heterocycles. The van der Waals surface area contributed by atoms with Gasteiger partial charge in [-0.05, 0) is 36.4 Å². The molecule has 0 saturated carbocycles. The lowest BCUT2D eigenvalue weighted by atomic mass is 9.86. The highest BCUT2D eigenvalue weighted by molar-refractivity contribution is 5.38. The van der Waals surface area contributed by atoms with E-state index in [1.165, 1.54) is 44.5 Å². The van der Waals surface area contributed by atoms with Crippen LogP contribution in [0.2, 0.25) is 0 Å². The zero-order chi connectivity index (χ0) is 16.5. The van der Waals surface area contributed by atoms with Gasteiger partial charge >= 0.3 is 0 Å². The number of para-hydroxylation sites is 1. The lowest BCUT2D eigenvalue weighted by Gasteiger charge is -2.27. The fourth-order valence-electron chi connectivity index (χ4n) is 3.12. The first-order valence-corrected chi connectivity index (χ1v) is 9.23. The van der Waals surface area contributed by atoms with E-state index in [-0.39, 0.29) is 5.41 Å². The number of ether oxygens (including phenoxy) is 1. The van der Waals surface area contributed by atoms with Crippen molar-refractivity contribution in [3.63, 3.8) is 0 Å². The Labute approximate surface area is 142 Å². The normalized spacial score (nSPS) is 16.5. The summed E-state index contributed by atoms with van der Waals surface area (Å²) in [5.41, 5.74) is 1.44. The van der Waals surface area contributed by atoms with Crippen LogP contribution in [-0.4, -0.2) is 44.2 Å². The molecule has 0 radical (unpaired) electrons. The van der Waals surface area contributed by atoms with Crippen LogP contribution in [0.15, 0.2) is 24.3 Å². The van der Waals surface area contributed by atoms with Gasteiger partial charge in [0.05, 0.1) is 6.61 Å². The second kappa shape index (κ2) is 9.29. The predicted molar refractivity (Wildman–Crippen MR) is 98.4 cm³/mol. The molecule has 1 aliphatic heterocycles. The molecule has 0 atom stereocenters. The number of benzene rings is 1. The van der Waals surface area contributed by atoms with Gasteiger partial charge in [0.1, 0.15) is 5.75 Å². The quantitative estimate of drug-likeness (QED) is 0.737. The van der Waals surface area contributed by atoms with Crippen molar-refractivity contribution >= 4 is 0 Å². The standard InChI is InChI=1S/C20H34N2O/c1-20(2,3)18-10-6-7-11-19(18)23-17-9-5-4-8-14-22-15-12-21-13-16-22/h6-7,10-11,21H,4-5,8-9,12-17H2,1-3H3. The largest absolute Gasteiger partial charge is 0.493 e. The van der Waals surface area contributed by atoms with Crippen LogP contribution in [0.1, 0.15) is 52.0 Å². The van der Waals surface area contributed by atoms with Crippen molar-refractivity contribution in [1.29, 1.82) is 0 Å². The maximum absolute atomic E-state index is 6.04. The van der Waals surface area contributed by atoms with Crippen LogP contribution in [0.4, 0.5) is 0 Å². The molecule has 2 rings (SSSR count). The molecule has 1 N–H and O–H groups in total. The number of hydrogen-bond acceptors (Lipinski definition) is 3. The molecule has 3 heteroatoms. The minimum Gasteiger partial charge on any atom is -0.493 e. The predicted octanol–water partition coefficient (Wildman–Crippen LogP) is 3.83. The van der Waals surface area contributed by atoms with Gasteiger partial charge in [-0.2, -0.15) is 0 Å². The summed E-state index contributed by atoms with van der Waals surface area (Å²) in [4.78, 5) is 2.58. The van der Waals surface area contributed by atoms with E-state index in [0.29, 0.717) is 0 Å². The molecule has 0 bridgehead atoms. The second-order valence-corrected chi connectivity index (χ2v) is 7.60. The molecule has 0 spiro atoms. The Morgan fingerprint density at radius 1 is 1.00 bits per heavy atom. The van der Waals surface area contributed by atoms with Gasteiger partial charge < -0.3 is 15.0 Å². The Morgan fingerprint density at radius 3 is 2.43 bits per heavy atom. The van der Waals surface area contributed by atoms with Gasteiger partial charge in [0, 0.05) is 26.2 Å². The summed E-state index contributed by atoms with van der Waals surface area (Å²) >= 11 is 0. The molecule has 1 fully saturated rings. The summed E-state index contributed by atoms with van der Waals surface area (Å²) in [5, 5.41) is 3.41. The molecular weight excluding hydrogens is 284 g/mol. The van der Waals surface area contributed by atoms with Crippen LogP contribution in [0.5, 0.6) is 5.75 Å². The summed E-state index contributed by atoms with van der Waals surface area (Å²) < 4.78 is 6.04. The molecule has 0 aromatic heterocycles. The van der Waals surface area contributed by atoms with Crippen LogP contribution in [0, 0.1) is 0 Å². The topological polar surface area (TPSA) is 24.5 Å². The van der Waals surface area contributed by atoms with Gasteiger partial charge in [-0.3, -0.25) is 0 Å². The van der Waals surface area contributed by atoms with Crippen LogP contribution in [-0.2, 0) is 5.41 Å². The highest BCUT2D eigenvalue weighted by Crippen LogP contribution is 2.31. The first kappa shape index (κ1) is 18.3. The number of rotatable bonds is 8. The SMILES string of the molecule is CC(C)(C)c1ccccc1OCCCCCCN1CCNCC1. The van der Waals surface area contributed by atoms with Crippen LogP contribution < -0.4 is 10.1 Å². The van der Waals surface area contributed by atoms with E-state index in [4.69, 9.17) is 4.74 Å². The van der Waals surface area contributed by atoms with Gasteiger partial charge in [-0.1, -0.05) is 51.8 Å². The van der Waals surface area contributed by atoms with Crippen molar-refractivity contribution in [2.75, 3.05) is 39.3 Å². The lowest BCUT2D eigenvalue weighted by molar-refractivity contribution is 0.234. The Hall–Kier alpha value is -1.06. The lowest BCUT2D eigenvalue weighted by Crippen LogP contribution is -2.43. The molecule has 23 heavy (non-hydrogen) atoms. The number of nitrogens with one attached hydrogen (secondary N) is 1. The molecular formula is C20H34N2O. The molecule has 1 aliphatic rings. The Kier molecular flexibility index (Phi) is 7.38. The van der Waals surface area contributed by atoms with Crippen molar-refractivity contribution in [3.05, 3.63) is 29.8 Å². The van der Waals surface area contributed by atoms with Gasteiger partial charge in [-0.15, -0.1) is 0 Å². The van der Waals surface area contributed by atoms with E-state index in [0.717, 1.165) is 31.9 Å². The molecule has 1 aromatic rings. The molecule has 130 valence electrons. The maximum Gasteiger partial charge on any atom is 0.123 e. The average molecular weight is 319 g/mol. The van der Waals surface area contributed by atoms with Crippen LogP contribution >= 0.6 is 0 Å². The third kappa shape index (κ3) is 6.52. The maximum atomic E-state index is 6.04. The molecule has 0 amide bonds. The summed E-state index contributed by atoms with van der Waals surface area (Å²) in [6.45, 7) is 13.6. The van der Waals surface area contributed by atoms with Crippen molar-refractivity contribution < 1.29 is 4.74 Å². The zero-order valence-electron chi connectivity index (χ0n) is 15.2. The van der Waals surface area contributed by atoms with E-state index in [2.05, 4.69) is 55.3 Å². The van der Waals surface area contributed by atoms with E-state index in [9.17, 15) is 0 Å². The first-order chi connectivity index (χ1) is 11.1. The molecule has 1 aromatic carbocycles. The van der Waals surface area contributed by atoms with Crippen LogP contribution in [0.25, 0.3) is 0 Å². The van der Waals surface area contributed by atoms with Crippen molar-refractivity contribution in [3.8, 4) is 5.75 Å². The first-order valence-electron chi connectivity index (χ1n) is 9.23. The van der Waals surface area contributed by atoms with E-state index in [1.807, 2.05) is 0 Å². The Balaban J connectivity index is 1.59. The fraction of sp³-hybridized carbons (Fsp3) is 0.700. The van der Waals surface area contributed by atoms with E-state index >= 15 is 0 Å². The zero-order valence-corrected chi connectivity index (χ0v) is 15.2. The van der Waals surface area contributed by atoms with Gasteiger partial charge in [0.15, 0.2) is 0 Å². The average Bonchev–Trinajstić information content (AvgIpc) is 2.54. The summed E-state index contributed by atoms with van der Waals surface area (Å²) in [5.74, 6) is 1.06. The van der Waals surface area contributed by atoms with E-state index in [1.54, 1.807) is 0 Å². The van der Waals surface area contributed by atoms with E-state index < -0.39 is 0 Å². The Bertz CT molecular complexity index is 447. The van der Waals surface area contributed by atoms with Gasteiger partial charge in [0.2, 0.25) is 0 Å². The Morgan fingerprint density at radius 2 is 1.70 bits per heavy atom. The number of unbranched alkanes of at least 4 members (excludes halogenated alkanes) is 3. The molecule has 0 unspecified atom stereocenters. The van der Waals surface area contributed by atoms with Crippen molar-refractivity contribution in [2.24, 2.45) is 0 Å². The highest BCUT2D eigenvalue weighted by Gasteiger charge is 2.18. The van der Waals surface area contributed by atoms with Crippen molar-refractivity contribution in [1.82, 2.24) is 10.2 Å². The van der Waals surface area contributed by atoms with Crippen molar-refractivity contribution in [2.45, 2.75) is 51.9 Å². The van der Waals surface area contributed by atoms with Gasteiger partial charge in [-0.25, -0.2) is 0 Å². The van der Waals surface area contributed by atoms with Gasteiger partial charge in [0.25, 0.3) is 0 Å². The number of hydrogen-bond donors (Lipinski definition) is 1. The summed E-state index contributed by atoms with van der Waals surface area (Å²) in [6, 6.07) is 8.45. The smallest absolute Gasteiger partial charge is 0.123 e. The monoisotopic (exact) mass is 318 g/mol. The fourth-order valence-corrected chi connectivity index (χ4v) is 3.12. The summed E-state index contributed by atoms with van der Waals surface area (Å²) in [6.07, 6.45) is 5.05. The molecule has 0 aliphatic carbocycles. The minimum absolute atomic E-state index is 0.139. The summed E-state index contributed by atoms with van der Waals surface area (Å²) in [7, 11) is 0. The third-order valence-electron chi connectivity index (χ3n) is 4.53. The van der Waals surface area contributed by atoms with Crippen LogP contribution in [0.3, 0.4) is 0 Å². The minimum atomic E-state index is 0.139. The highest BCUT2D eigenvalue weighted by atomic mass is 16.5. The second-order valence-electron chi connectivity index (χ2n) is 7.60. The molecule has 3 nitrogen and oxygen atoms in total. The number of piperazine rings is 1. The molecule has 1 heterocycles. The number of nitrogens with zero attached hydrogens (tertiary/aromatic N) is 1.